The van der Waals surface area contributed by atoms with Crippen LogP contribution in [0, 0.1) is 17.2 Å². The summed E-state index contributed by atoms with van der Waals surface area (Å²) < 4.78 is 16.3. The number of rotatable bonds is 11. The van der Waals surface area contributed by atoms with Crippen molar-refractivity contribution in [3.05, 3.63) is 45.3 Å². The summed E-state index contributed by atoms with van der Waals surface area (Å²) in [5.74, 6) is 0.609. The number of nitrogens with one attached hydrogen (secondary N) is 1. The standard InChI is InChI=1S/C28H34N2O5S/c1-5-6-7-8-13-35-22-12-10-19(16-23(22)33-3)15-20(17-29)26(31)30-27-25(28(32)34-4)21-11-9-18(2)14-24(21)36-27/h10,12,15-16,18H,5-9,11,13-14H2,1-4H3,(H,30,31)/b20-15+. The molecule has 1 aromatic heterocycles. The second kappa shape index (κ2) is 13.1. The van der Waals surface area contributed by atoms with E-state index in [0.717, 1.165) is 49.0 Å². The topological polar surface area (TPSA) is 97.7 Å². The van der Waals surface area contributed by atoms with Crippen LogP contribution in [-0.4, -0.2) is 32.7 Å². The summed E-state index contributed by atoms with van der Waals surface area (Å²) in [6.45, 7) is 4.94. The first-order valence-electron chi connectivity index (χ1n) is 12.4. The number of hydrogen-bond acceptors (Lipinski definition) is 7. The normalized spacial score (nSPS) is 15.0. The molecule has 36 heavy (non-hydrogen) atoms. The Kier molecular flexibility index (Phi) is 9.95. The number of methoxy groups -OCH3 is 2. The van der Waals surface area contributed by atoms with E-state index in [0.29, 0.717) is 40.2 Å². The molecule has 2 aromatic rings. The molecule has 1 atom stereocenters. The van der Waals surface area contributed by atoms with E-state index in [4.69, 9.17) is 14.2 Å². The minimum absolute atomic E-state index is 0.0826. The minimum atomic E-state index is -0.579. The Morgan fingerprint density at radius 2 is 2.03 bits per heavy atom. The van der Waals surface area contributed by atoms with Gasteiger partial charge in [-0.05, 0) is 60.9 Å². The van der Waals surface area contributed by atoms with Crippen LogP contribution in [0.15, 0.2) is 23.8 Å². The number of amides is 1. The van der Waals surface area contributed by atoms with Crippen LogP contribution in [0.3, 0.4) is 0 Å². The Labute approximate surface area is 217 Å². The number of fused-ring (bicyclic) bond motifs is 1. The van der Waals surface area contributed by atoms with Crippen LogP contribution in [0.5, 0.6) is 11.5 Å². The maximum absolute atomic E-state index is 13.0. The van der Waals surface area contributed by atoms with Crippen molar-refractivity contribution in [3.63, 3.8) is 0 Å². The fourth-order valence-corrected chi connectivity index (χ4v) is 5.64. The lowest BCUT2D eigenvalue weighted by Crippen LogP contribution is -2.16. The summed E-state index contributed by atoms with van der Waals surface area (Å²) in [5, 5.41) is 12.9. The molecule has 0 spiro atoms. The van der Waals surface area contributed by atoms with Crippen LogP contribution in [0.4, 0.5) is 5.00 Å². The monoisotopic (exact) mass is 510 g/mol. The highest BCUT2D eigenvalue weighted by molar-refractivity contribution is 7.17. The first-order valence-corrected chi connectivity index (χ1v) is 13.2. The number of benzene rings is 1. The van der Waals surface area contributed by atoms with E-state index in [1.165, 1.54) is 30.9 Å². The largest absolute Gasteiger partial charge is 0.493 e. The molecule has 1 aliphatic carbocycles. The van der Waals surface area contributed by atoms with Crippen LogP contribution >= 0.6 is 11.3 Å². The third-order valence-electron chi connectivity index (χ3n) is 6.25. The Balaban J connectivity index is 1.79. The second-order valence-corrected chi connectivity index (χ2v) is 10.1. The number of nitrogens with zero attached hydrogens (tertiary/aromatic N) is 1. The van der Waals surface area contributed by atoms with E-state index in [9.17, 15) is 14.9 Å². The first kappa shape index (κ1) is 27.3. The maximum Gasteiger partial charge on any atom is 0.341 e. The SMILES string of the molecule is CCCCCCOc1ccc(/C=C(\C#N)C(=O)Nc2sc3c(c2C(=O)OC)CCC(C)C3)cc1OC. The minimum Gasteiger partial charge on any atom is -0.493 e. The molecule has 3 rings (SSSR count). The Hall–Kier alpha value is -3.31. The fourth-order valence-electron chi connectivity index (χ4n) is 4.25. The fraction of sp³-hybridized carbons (Fsp3) is 0.464. The number of esters is 1. The van der Waals surface area contributed by atoms with Gasteiger partial charge >= 0.3 is 5.97 Å². The van der Waals surface area contributed by atoms with Crippen LogP contribution in [0.25, 0.3) is 6.08 Å². The molecule has 1 unspecified atom stereocenters. The van der Waals surface area contributed by atoms with Gasteiger partial charge in [-0.25, -0.2) is 4.79 Å². The molecular formula is C28H34N2O5S. The molecule has 1 amide bonds. The molecule has 8 heteroatoms. The number of thiophene rings is 1. The molecule has 0 saturated carbocycles. The quantitative estimate of drug-likeness (QED) is 0.168. The molecule has 0 fully saturated rings. The van der Waals surface area contributed by atoms with Gasteiger partial charge in [-0.2, -0.15) is 5.26 Å². The Morgan fingerprint density at radius 3 is 2.72 bits per heavy atom. The summed E-state index contributed by atoms with van der Waals surface area (Å²) in [7, 11) is 2.88. The van der Waals surface area contributed by atoms with E-state index in [-0.39, 0.29) is 5.57 Å². The highest BCUT2D eigenvalue weighted by atomic mass is 32.1. The highest BCUT2D eigenvalue weighted by Crippen LogP contribution is 2.40. The summed E-state index contributed by atoms with van der Waals surface area (Å²) in [5.41, 5.74) is 1.89. The zero-order valence-electron chi connectivity index (χ0n) is 21.4. The first-order chi connectivity index (χ1) is 17.4. The average molecular weight is 511 g/mol. The Morgan fingerprint density at radius 1 is 1.22 bits per heavy atom. The van der Waals surface area contributed by atoms with Crippen molar-refractivity contribution in [1.82, 2.24) is 0 Å². The van der Waals surface area contributed by atoms with Gasteiger partial charge in [0.1, 0.15) is 16.6 Å². The molecular weight excluding hydrogens is 476 g/mol. The molecule has 0 aliphatic heterocycles. The van der Waals surface area contributed by atoms with Gasteiger partial charge < -0.3 is 19.5 Å². The van der Waals surface area contributed by atoms with Gasteiger partial charge in [-0.15, -0.1) is 11.3 Å². The molecule has 0 radical (unpaired) electrons. The zero-order valence-corrected chi connectivity index (χ0v) is 22.3. The highest BCUT2D eigenvalue weighted by Gasteiger charge is 2.29. The van der Waals surface area contributed by atoms with Gasteiger partial charge in [0, 0.05) is 4.88 Å². The lowest BCUT2D eigenvalue weighted by Gasteiger charge is -2.18. The molecule has 1 aliphatic rings. The van der Waals surface area contributed by atoms with Crippen molar-refractivity contribution in [2.75, 3.05) is 26.1 Å². The van der Waals surface area contributed by atoms with Crippen LogP contribution in [0.2, 0.25) is 0 Å². The number of unbranched alkanes of at least 4 members (excludes halogenated alkanes) is 3. The van der Waals surface area contributed by atoms with Gasteiger partial charge in [-0.1, -0.05) is 39.2 Å². The lowest BCUT2D eigenvalue weighted by atomic mass is 9.88. The molecule has 1 N–H and O–H groups in total. The van der Waals surface area contributed by atoms with E-state index in [2.05, 4.69) is 19.2 Å². The number of nitriles is 1. The Bertz CT molecular complexity index is 1160. The summed E-state index contributed by atoms with van der Waals surface area (Å²) in [4.78, 5) is 26.6. The summed E-state index contributed by atoms with van der Waals surface area (Å²) in [6, 6.07) is 7.26. The molecule has 0 bridgehead atoms. The van der Waals surface area contributed by atoms with Crippen molar-refractivity contribution in [2.45, 2.75) is 58.8 Å². The smallest absolute Gasteiger partial charge is 0.341 e. The molecule has 0 saturated heterocycles. The van der Waals surface area contributed by atoms with Crippen molar-refractivity contribution in [1.29, 1.82) is 5.26 Å². The second-order valence-electron chi connectivity index (χ2n) is 8.99. The third-order valence-corrected chi connectivity index (χ3v) is 7.42. The number of hydrogen-bond donors (Lipinski definition) is 1. The van der Waals surface area contributed by atoms with Crippen molar-refractivity contribution < 1.29 is 23.8 Å². The van der Waals surface area contributed by atoms with Crippen molar-refractivity contribution in [2.24, 2.45) is 5.92 Å². The van der Waals surface area contributed by atoms with E-state index in [1.54, 1.807) is 25.3 Å². The van der Waals surface area contributed by atoms with Crippen LogP contribution in [0.1, 0.15) is 72.3 Å². The summed E-state index contributed by atoms with van der Waals surface area (Å²) in [6.07, 6.45) is 8.52. The van der Waals surface area contributed by atoms with Gasteiger partial charge in [-0.3, -0.25) is 4.79 Å². The van der Waals surface area contributed by atoms with Gasteiger partial charge in [0.2, 0.25) is 0 Å². The number of ether oxygens (including phenoxy) is 3. The zero-order chi connectivity index (χ0) is 26.1. The predicted molar refractivity (Wildman–Crippen MR) is 142 cm³/mol. The maximum atomic E-state index is 13.0. The van der Waals surface area contributed by atoms with Gasteiger partial charge in [0.25, 0.3) is 5.91 Å². The van der Waals surface area contributed by atoms with Crippen LogP contribution in [-0.2, 0) is 22.4 Å². The molecule has 7 nitrogen and oxygen atoms in total. The van der Waals surface area contributed by atoms with Crippen molar-refractivity contribution >= 4 is 34.3 Å². The molecule has 192 valence electrons. The number of carbonyl (C=O) groups is 2. The van der Waals surface area contributed by atoms with E-state index in [1.807, 2.05) is 6.07 Å². The van der Waals surface area contributed by atoms with Crippen molar-refractivity contribution in [3.8, 4) is 17.6 Å². The predicted octanol–water partition coefficient (Wildman–Crippen LogP) is 6.17. The number of anilines is 1. The average Bonchev–Trinajstić information content (AvgIpc) is 3.23. The number of carbonyl (C=O) groups excluding carboxylic acids is 2. The lowest BCUT2D eigenvalue weighted by molar-refractivity contribution is -0.112. The van der Waals surface area contributed by atoms with E-state index >= 15 is 0 Å². The third kappa shape index (κ3) is 6.67. The molecule has 1 aromatic carbocycles. The van der Waals surface area contributed by atoms with Gasteiger partial charge in [0.05, 0.1) is 26.4 Å². The van der Waals surface area contributed by atoms with E-state index < -0.39 is 11.9 Å². The van der Waals surface area contributed by atoms with Crippen LogP contribution < -0.4 is 14.8 Å². The summed E-state index contributed by atoms with van der Waals surface area (Å²) >= 11 is 1.39. The van der Waals surface area contributed by atoms with Gasteiger partial charge in [0.15, 0.2) is 11.5 Å². The molecule has 1 heterocycles.